The Morgan fingerprint density at radius 2 is 1.21 bits per heavy atom. The molecule has 0 aromatic carbocycles. The predicted molar refractivity (Wildman–Crippen MR) is 216 cm³/mol. The highest BCUT2D eigenvalue weighted by molar-refractivity contribution is 5.76. The minimum absolute atomic E-state index is 0.202. The summed E-state index contributed by atoms with van der Waals surface area (Å²) >= 11 is 0. The monoisotopic (exact) mass is 748 g/mol. The van der Waals surface area contributed by atoms with E-state index in [1.807, 2.05) is 19.1 Å². The van der Waals surface area contributed by atoms with Gasteiger partial charge in [0, 0.05) is 6.42 Å². The maximum atomic E-state index is 12.9. The number of allylic oxidation sites excluding steroid dienone is 9. The van der Waals surface area contributed by atoms with Crippen LogP contribution in [0.2, 0.25) is 0 Å². The second-order valence-corrected chi connectivity index (χ2v) is 14.4. The number of hydrogen-bond acceptors (Lipinski definition) is 8. The van der Waals surface area contributed by atoms with Gasteiger partial charge in [-0.3, -0.25) is 4.79 Å². The quantitative estimate of drug-likeness (QED) is 0.0292. The summed E-state index contributed by atoms with van der Waals surface area (Å²) in [6.07, 6.45) is 37.2. The Labute approximate surface area is 322 Å². The second kappa shape index (κ2) is 34.4. The van der Waals surface area contributed by atoms with E-state index < -0.39 is 49.5 Å². The minimum atomic E-state index is -1.57. The van der Waals surface area contributed by atoms with E-state index in [2.05, 4.69) is 54.8 Å². The first-order valence-corrected chi connectivity index (χ1v) is 21.0. The third kappa shape index (κ3) is 25.6. The average Bonchev–Trinajstić information content (AvgIpc) is 3.16. The SMILES string of the molecule is C/C=C/CC/C=C/CC/C=C/C(O)C(COC1OC(CO)C(O)C(O)C1O)NC(=O)CCCCCCCCCCC/C=C\C/C=C\CCCCCCC. The molecule has 1 fully saturated rings. The van der Waals surface area contributed by atoms with Crippen molar-refractivity contribution in [1.82, 2.24) is 5.32 Å². The van der Waals surface area contributed by atoms with E-state index in [1.165, 1.54) is 70.6 Å². The molecule has 7 atom stereocenters. The molecule has 0 spiro atoms. The van der Waals surface area contributed by atoms with Crippen LogP contribution in [-0.4, -0.2) is 87.5 Å². The minimum Gasteiger partial charge on any atom is -0.394 e. The van der Waals surface area contributed by atoms with Gasteiger partial charge in [0.15, 0.2) is 6.29 Å². The van der Waals surface area contributed by atoms with Gasteiger partial charge in [0.25, 0.3) is 0 Å². The molecule has 6 N–H and O–H groups in total. The maximum Gasteiger partial charge on any atom is 0.220 e. The van der Waals surface area contributed by atoms with Crippen molar-refractivity contribution in [3.63, 3.8) is 0 Å². The molecule has 0 aromatic rings. The number of aliphatic hydroxyl groups excluding tert-OH is 5. The van der Waals surface area contributed by atoms with E-state index in [0.717, 1.165) is 64.2 Å². The van der Waals surface area contributed by atoms with Crippen LogP contribution >= 0.6 is 0 Å². The lowest BCUT2D eigenvalue weighted by Gasteiger charge is -2.40. The van der Waals surface area contributed by atoms with Crippen LogP contribution in [0.15, 0.2) is 60.8 Å². The number of unbranched alkanes of at least 4 members (excludes halogenated alkanes) is 16. The van der Waals surface area contributed by atoms with Crippen LogP contribution in [-0.2, 0) is 14.3 Å². The fraction of sp³-hybridized carbons (Fsp3) is 0.750. The molecule has 1 aliphatic heterocycles. The number of hydrogen-bond donors (Lipinski definition) is 6. The molecule has 0 radical (unpaired) electrons. The highest BCUT2D eigenvalue weighted by Gasteiger charge is 2.44. The number of aliphatic hydroxyl groups is 5. The summed E-state index contributed by atoms with van der Waals surface area (Å²) < 4.78 is 11.1. The molecule has 0 saturated carbocycles. The van der Waals surface area contributed by atoms with Gasteiger partial charge in [0.05, 0.1) is 25.4 Å². The molecule has 7 unspecified atom stereocenters. The normalized spacial score (nSPS) is 22.3. The van der Waals surface area contributed by atoms with Crippen molar-refractivity contribution in [2.75, 3.05) is 13.2 Å². The van der Waals surface area contributed by atoms with Crippen molar-refractivity contribution < 1.29 is 39.8 Å². The van der Waals surface area contributed by atoms with Crippen molar-refractivity contribution in [3.05, 3.63) is 60.8 Å². The van der Waals surface area contributed by atoms with Gasteiger partial charge in [-0.1, -0.05) is 138 Å². The van der Waals surface area contributed by atoms with Crippen LogP contribution in [0.5, 0.6) is 0 Å². The molecule has 9 heteroatoms. The summed E-state index contributed by atoms with van der Waals surface area (Å²) in [5.74, 6) is -0.202. The number of amides is 1. The third-order valence-corrected chi connectivity index (χ3v) is 9.64. The van der Waals surface area contributed by atoms with E-state index in [9.17, 15) is 30.3 Å². The van der Waals surface area contributed by atoms with Crippen molar-refractivity contribution in [3.8, 4) is 0 Å². The predicted octanol–water partition coefficient (Wildman–Crippen LogP) is 8.05. The molecular weight excluding hydrogens is 670 g/mol. The number of carbonyl (C=O) groups excluding carboxylic acids is 1. The van der Waals surface area contributed by atoms with E-state index >= 15 is 0 Å². The molecule has 0 aliphatic carbocycles. The molecule has 1 rings (SSSR count). The van der Waals surface area contributed by atoms with Crippen molar-refractivity contribution >= 4 is 5.91 Å². The lowest BCUT2D eigenvalue weighted by atomic mass is 9.99. The molecule has 1 heterocycles. The summed E-state index contributed by atoms with van der Waals surface area (Å²) in [7, 11) is 0. The Balaban J connectivity index is 2.33. The van der Waals surface area contributed by atoms with E-state index in [1.54, 1.807) is 6.08 Å². The molecule has 9 nitrogen and oxygen atoms in total. The van der Waals surface area contributed by atoms with E-state index in [4.69, 9.17) is 9.47 Å². The summed E-state index contributed by atoms with van der Waals surface area (Å²) in [4.78, 5) is 12.9. The van der Waals surface area contributed by atoms with Gasteiger partial charge in [0.1, 0.15) is 24.4 Å². The topological polar surface area (TPSA) is 149 Å². The van der Waals surface area contributed by atoms with Gasteiger partial charge in [-0.25, -0.2) is 0 Å². The van der Waals surface area contributed by atoms with Gasteiger partial charge < -0.3 is 40.3 Å². The van der Waals surface area contributed by atoms with Gasteiger partial charge in [-0.2, -0.15) is 0 Å². The second-order valence-electron chi connectivity index (χ2n) is 14.4. The van der Waals surface area contributed by atoms with Gasteiger partial charge in [-0.05, 0) is 71.1 Å². The van der Waals surface area contributed by atoms with Crippen LogP contribution in [0, 0.1) is 0 Å². The van der Waals surface area contributed by atoms with Crippen LogP contribution in [0.3, 0.4) is 0 Å². The lowest BCUT2D eigenvalue weighted by molar-refractivity contribution is -0.302. The molecular formula is C44H77NO8. The number of ether oxygens (including phenoxy) is 2. The average molecular weight is 748 g/mol. The number of rotatable bonds is 33. The Hall–Kier alpha value is -2.11. The largest absolute Gasteiger partial charge is 0.394 e. The summed E-state index contributed by atoms with van der Waals surface area (Å²) in [5.41, 5.74) is 0. The molecule has 1 saturated heterocycles. The molecule has 53 heavy (non-hydrogen) atoms. The number of nitrogens with one attached hydrogen (secondary N) is 1. The Bertz CT molecular complexity index is 1010. The molecule has 0 bridgehead atoms. The first-order chi connectivity index (χ1) is 25.8. The fourth-order valence-electron chi connectivity index (χ4n) is 6.22. The van der Waals surface area contributed by atoms with Crippen LogP contribution in [0.4, 0.5) is 0 Å². The zero-order chi connectivity index (χ0) is 38.8. The third-order valence-electron chi connectivity index (χ3n) is 9.64. The maximum absolute atomic E-state index is 12.9. The van der Waals surface area contributed by atoms with Crippen molar-refractivity contribution in [2.45, 2.75) is 198 Å². The van der Waals surface area contributed by atoms with Crippen molar-refractivity contribution in [1.29, 1.82) is 0 Å². The van der Waals surface area contributed by atoms with Crippen LogP contribution < -0.4 is 5.32 Å². The Kier molecular flexibility index (Phi) is 31.7. The van der Waals surface area contributed by atoms with Crippen molar-refractivity contribution in [2.24, 2.45) is 0 Å². The summed E-state index contributed by atoms with van der Waals surface area (Å²) in [5, 5.41) is 53.8. The van der Waals surface area contributed by atoms with Gasteiger partial charge >= 0.3 is 0 Å². The fourth-order valence-corrected chi connectivity index (χ4v) is 6.22. The zero-order valence-electron chi connectivity index (χ0n) is 33.2. The standard InChI is InChI=1S/C44H77NO8/c1-3-5-7-9-11-13-14-15-16-17-18-19-20-21-22-23-24-26-28-30-32-34-40(48)45-37(38(47)33-31-29-27-25-12-10-8-6-4-2)36-52-44-43(51)42(50)41(49)39(35-46)53-44/h4,6,12,14-15,17-18,25,31,33,37-39,41-44,46-47,49-51H,3,5,7-11,13,16,19-24,26-30,32,34-36H2,1-2H3,(H,45,48)/b6-4+,15-14-,18-17-,25-12+,33-31+. The highest BCUT2D eigenvalue weighted by atomic mass is 16.7. The molecule has 1 amide bonds. The van der Waals surface area contributed by atoms with Gasteiger partial charge in [-0.15, -0.1) is 0 Å². The molecule has 306 valence electrons. The first kappa shape index (κ1) is 48.9. The lowest BCUT2D eigenvalue weighted by Crippen LogP contribution is -2.60. The first-order valence-electron chi connectivity index (χ1n) is 21.0. The van der Waals surface area contributed by atoms with E-state index in [0.29, 0.717) is 6.42 Å². The molecule has 0 aromatic heterocycles. The summed E-state index contributed by atoms with van der Waals surface area (Å²) in [6, 6.07) is -0.829. The van der Waals surface area contributed by atoms with E-state index in [-0.39, 0.29) is 12.5 Å². The Morgan fingerprint density at radius 1 is 0.679 bits per heavy atom. The van der Waals surface area contributed by atoms with Gasteiger partial charge in [0.2, 0.25) is 5.91 Å². The highest BCUT2D eigenvalue weighted by Crippen LogP contribution is 2.22. The van der Waals surface area contributed by atoms with Crippen LogP contribution in [0.25, 0.3) is 0 Å². The summed E-state index contributed by atoms with van der Waals surface area (Å²) in [6.45, 7) is 3.48. The Morgan fingerprint density at radius 3 is 1.79 bits per heavy atom. The smallest absolute Gasteiger partial charge is 0.220 e. The molecule has 1 aliphatic rings. The number of carbonyl (C=O) groups is 1. The van der Waals surface area contributed by atoms with Crippen LogP contribution in [0.1, 0.15) is 155 Å². The zero-order valence-corrected chi connectivity index (χ0v) is 33.2.